The highest BCUT2D eigenvalue weighted by Gasteiger charge is 2.17. The summed E-state index contributed by atoms with van der Waals surface area (Å²) >= 11 is 0. The van der Waals surface area contributed by atoms with Crippen molar-refractivity contribution in [3.63, 3.8) is 0 Å². The van der Waals surface area contributed by atoms with E-state index in [0.717, 1.165) is 18.6 Å². The first-order valence-electron chi connectivity index (χ1n) is 8.39. The smallest absolute Gasteiger partial charge is 0.119 e. The largest absolute Gasteiger partial charge is 0.491 e. The van der Waals surface area contributed by atoms with Crippen molar-refractivity contribution >= 4 is 17.0 Å². The Morgan fingerprint density at radius 1 is 1.00 bits per heavy atom. The number of methoxy groups -OCH3 is 1. The number of hydrogen-bond donors (Lipinski definition) is 0. The predicted molar refractivity (Wildman–Crippen MR) is 98.0 cm³/mol. The van der Waals surface area contributed by atoms with E-state index < -0.39 is 0 Å². The molecule has 3 heteroatoms. The molecule has 1 aliphatic carbocycles. The summed E-state index contributed by atoms with van der Waals surface area (Å²) in [5.41, 5.74) is 5.20. The molecule has 0 fully saturated rings. The van der Waals surface area contributed by atoms with E-state index in [0.29, 0.717) is 13.2 Å². The van der Waals surface area contributed by atoms with E-state index in [-0.39, 0.29) is 0 Å². The lowest BCUT2D eigenvalue weighted by atomic mass is 10.0. The van der Waals surface area contributed by atoms with Gasteiger partial charge in [0, 0.05) is 29.4 Å². The highest BCUT2D eigenvalue weighted by atomic mass is 16.5. The fraction of sp³-hybridized carbons (Fsp3) is 0.238. The van der Waals surface area contributed by atoms with Crippen molar-refractivity contribution in [1.82, 2.24) is 4.57 Å². The number of rotatable bonds is 5. The first-order chi connectivity index (χ1) is 11.9. The first-order valence-corrected chi connectivity index (χ1v) is 8.39. The maximum Gasteiger partial charge on any atom is 0.119 e. The van der Waals surface area contributed by atoms with E-state index in [9.17, 15) is 0 Å². The molecular formula is C21H21NO2. The van der Waals surface area contributed by atoms with Gasteiger partial charge in [-0.05, 0) is 43.2 Å². The Balaban J connectivity index is 1.75. The molecule has 0 N–H and O–H groups in total. The van der Waals surface area contributed by atoms with Crippen molar-refractivity contribution in [2.75, 3.05) is 20.3 Å². The Morgan fingerprint density at radius 3 is 2.67 bits per heavy atom. The maximum absolute atomic E-state index is 5.67. The van der Waals surface area contributed by atoms with E-state index in [2.05, 4.69) is 53.1 Å². The van der Waals surface area contributed by atoms with E-state index >= 15 is 0 Å². The Morgan fingerprint density at radius 2 is 1.83 bits per heavy atom. The van der Waals surface area contributed by atoms with Gasteiger partial charge < -0.3 is 14.0 Å². The lowest BCUT2D eigenvalue weighted by Crippen LogP contribution is -2.05. The third-order valence-electron chi connectivity index (χ3n) is 4.50. The quantitative estimate of drug-likeness (QED) is 0.641. The lowest BCUT2D eigenvalue weighted by molar-refractivity contribution is 0.146. The second kappa shape index (κ2) is 6.54. The first kappa shape index (κ1) is 15.0. The number of fused-ring (bicyclic) bond motifs is 3. The highest BCUT2D eigenvalue weighted by molar-refractivity contribution is 5.93. The Kier molecular flexibility index (Phi) is 4.09. The van der Waals surface area contributed by atoms with Gasteiger partial charge in [-0.15, -0.1) is 0 Å². The lowest BCUT2D eigenvalue weighted by Gasteiger charge is -2.14. The minimum Gasteiger partial charge on any atom is -0.491 e. The molecule has 0 radical (unpaired) electrons. The zero-order chi connectivity index (χ0) is 16.4. The zero-order valence-corrected chi connectivity index (χ0v) is 13.9. The fourth-order valence-electron chi connectivity index (χ4n) is 3.40. The van der Waals surface area contributed by atoms with Gasteiger partial charge in [-0.1, -0.05) is 30.4 Å². The Labute approximate surface area is 142 Å². The fourth-order valence-corrected chi connectivity index (χ4v) is 3.40. The summed E-state index contributed by atoms with van der Waals surface area (Å²) in [6.07, 6.45) is 6.71. The molecule has 0 aliphatic heterocycles. The Bertz CT molecular complexity index is 875. The number of para-hydroxylation sites is 1. The standard InChI is InChI=1S/C21H21NO2/c1-23-14-15-24-17-12-10-16(11-13-17)22-20-8-4-2-6-18(20)19-7-3-5-9-21(19)22/h2-4,6-8,10-13H,5,9,14-15H2,1H3. The van der Waals surface area contributed by atoms with Crippen LogP contribution in [0.1, 0.15) is 17.7 Å². The summed E-state index contributed by atoms with van der Waals surface area (Å²) in [5.74, 6) is 0.876. The van der Waals surface area contributed by atoms with Crippen LogP contribution >= 0.6 is 0 Å². The molecular weight excluding hydrogens is 298 g/mol. The maximum atomic E-state index is 5.67. The van der Waals surface area contributed by atoms with Crippen LogP contribution in [0.2, 0.25) is 0 Å². The van der Waals surface area contributed by atoms with Crippen LogP contribution in [0.25, 0.3) is 22.7 Å². The molecule has 1 heterocycles. The minimum atomic E-state index is 0.572. The third kappa shape index (κ3) is 2.61. The molecule has 0 saturated carbocycles. The minimum absolute atomic E-state index is 0.572. The molecule has 0 amide bonds. The molecule has 0 atom stereocenters. The topological polar surface area (TPSA) is 23.4 Å². The summed E-state index contributed by atoms with van der Waals surface area (Å²) in [6.45, 7) is 1.17. The molecule has 24 heavy (non-hydrogen) atoms. The van der Waals surface area contributed by atoms with E-state index in [1.54, 1.807) is 7.11 Å². The van der Waals surface area contributed by atoms with Gasteiger partial charge in [0.25, 0.3) is 0 Å². The van der Waals surface area contributed by atoms with Crippen LogP contribution < -0.4 is 4.74 Å². The number of aromatic nitrogens is 1. The van der Waals surface area contributed by atoms with Crippen LogP contribution in [0, 0.1) is 0 Å². The molecule has 122 valence electrons. The summed E-state index contributed by atoms with van der Waals surface area (Å²) < 4.78 is 13.1. The average molecular weight is 319 g/mol. The van der Waals surface area contributed by atoms with Gasteiger partial charge in [0.05, 0.1) is 12.1 Å². The molecule has 1 aromatic heterocycles. The highest BCUT2D eigenvalue weighted by Crippen LogP contribution is 2.34. The monoisotopic (exact) mass is 319 g/mol. The van der Waals surface area contributed by atoms with Gasteiger partial charge in [-0.3, -0.25) is 0 Å². The number of hydrogen-bond acceptors (Lipinski definition) is 2. The average Bonchev–Trinajstić information content (AvgIpc) is 2.97. The van der Waals surface area contributed by atoms with Crippen molar-refractivity contribution in [2.24, 2.45) is 0 Å². The second-order valence-electron chi connectivity index (χ2n) is 5.99. The SMILES string of the molecule is COCCOc1ccc(-n2c3c(c4ccccc42)C=CCC3)cc1. The second-order valence-corrected chi connectivity index (χ2v) is 5.99. The summed E-state index contributed by atoms with van der Waals surface area (Å²) in [4.78, 5) is 0. The van der Waals surface area contributed by atoms with Gasteiger partial charge in [-0.25, -0.2) is 0 Å². The molecule has 2 aromatic carbocycles. The predicted octanol–water partition coefficient (Wildman–Crippen LogP) is 4.62. The van der Waals surface area contributed by atoms with Gasteiger partial charge in [-0.2, -0.15) is 0 Å². The van der Waals surface area contributed by atoms with Gasteiger partial charge in [0.15, 0.2) is 0 Å². The number of nitrogens with zero attached hydrogens (tertiary/aromatic N) is 1. The molecule has 0 bridgehead atoms. The van der Waals surface area contributed by atoms with E-state index in [1.807, 2.05) is 12.1 Å². The molecule has 1 aliphatic rings. The number of ether oxygens (including phenoxy) is 2. The van der Waals surface area contributed by atoms with Crippen molar-refractivity contribution < 1.29 is 9.47 Å². The number of benzene rings is 2. The van der Waals surface area contributed by atoms with Crippen LogP contribution in [0.4, 0.5) is 0 Å². The molecule has 0 saturated heterocycles. The number of allylic oxidation sites excluding steroid dienone is 1. The van der Waals surface area contributed by atoms with Gasteiger partial charge >= 0.3 is 0 Å². The van der Waals surface area contributed by atoms with E-state index in [1.165, 1.54) is 27.8 Å². The summed E-state index contributed by atoms with van der Waals surface area (Å²) in [6, 6.07) is 17.0. The normalized spacial score (nSPS) is 13.2. The van der Waals surface area contributed by atoms with Crippen LogP contribution in [0.5, 0.6) is 5.75 Å². The van der Waals surface area contributed by atoms with Crippen molar-refractivity contribution in [2.45, 2.75) is 12.8 Å². The van der Waals surface area contributed by atoms with E-state index in [4.69, 9.17) is 9.47 Å². The van der Waals surface area contributed by atoms with Crippen molar-refractivity contribution in [1.29, 1.82) is 0 Å². The zero-order valence-electron chi connectivity index (χ0n) is 13.9. The van der Waals surface area contributed by atoms with Crippen LogP contribution in [0.15, 0.2) is 54.6 Å². The van der Waals surface area contributed by atoms with Crippen molar-refractivity contribution in [3.05, 3.63) is 65.9 Å². The van der Waals surface area contributed by atoms with Crippen LogP contribution in [-0.2, 0) is 11.2 Å². The summed E-state index contributed by atoms with van der Waals surface area (Å²) in [5, 5.41) is 1.32. The van der Waals surface area contributed by atoms with Crippen molar-refractivity contribution in [3.8, 4) is 11.4 Å². The summed E-state index contributed by atoms with van der Waals surface area (Å²) in [7, 11) is 1.68. The van der Waals surface area contributed by atoms with Crippen LogP contribution in [-0.4, -0.2) is 24.9 Å². The van der Waals surface area contributed by atoms with Crippen LogP contribution in [0.3, 0.4) is 0 Å². The molecule has 4 rings (SSSR count). The van der Waals surface area contributed by atoms with Gasteiger partial charge in [0.2, 0.25) is 0 Å². The Hall–Kier alpha value is -2.52. The molecule has 0 unspecified atom stereocenters. The van der Waals surface area contributed by atoms with Gasteiger partial charge in [0.1, 0.15) is 12.4 Å². The third-order valence-corrected chi connectivity index (χ3v) is 4.50. The molecule has 3 nitrogen and oxygen atoms in total. The molecule has 0 spiro atoms. The molecule has 3 aromatic rings.